The number of hydrogen-bond donors (Lipinski definition) is 0. The van der Waals surface area contributed by atoms with Gasteiger partial charge in [-0.1, -0.05) is 66.7 Å². The zero-order valence-electron chi connectivity index (χ0n) is 13.7. The number of nitrogens with zero attached hydrogens (tertiary/aromatic N) is 1. The molecule has 0 radical (unpaired) electrons. The Kier molecular flexibility index (Phi) is 5.79. The second-order valence-electron chi connectivity index (χ2n) is 5.35. The highest BCUT2D eigenvalue weighted by molar-refractivity contribution is 6.45. The molecule has 2 aromatic rings. The fraction of sp³-hybridized carbons (Fsp3) is 0.150. The number of carbonyl (C=O) groups excluding carboxylic acids is 3. The molecule has 0 unspecified atom stereocenters. The SMILES string of the molecule is C/C=C(\C)C(=O)N(Cc1ccccc1)C(=O)C(=O)c1ccccc1. The Bertz CT molecular complexity index is 764. The zero-order valence-corrected chi connectivity index (χ0v) is 13.7. The van der Waals surface area contributed by atoms with Crippen LogP contribution in [0.25, 0.3) is 0 Å². The minimum atomic E-state index is -0.823. The number of benzene rings is 2. The van der Waals surface area contributed by atoms with Crippen LogP contribution < -0.4 is 0 Å². The zero-order chi connectivity index (χ0) is 17.5. The van der Waals surface area contributed by atoms with Gasteiger partial charge in [0.2, 0.25) is 0 Å². The molecule has 2 rings (SSSR count). The van der Waals surface area contributed by atoms with Gasteiger partial charge in [0, 0.05) is 11.1 Å². The van der Waals surface area contributed by atoms with Crippen LogP contribution in [0.4, 0.5) is 0 Å². The maximum Gasteiger partial charge on any atom is 0.302 e. The lowest BCUT2D eigenvalue weighted by Gasteiger charge is -2.20. The van der Waals surface area contributed by atoms with E-state index in [1.165, 1.54) is 0 Å². The molecule has 0 heterocycles. The van der Waals surface area contributed by atoms with Crippen molar-refractivity contribution >= 4 is 17.6 Å². The molecule has 4 heteroatoms. The van der Waals surface area contributed by atoms with Crippen molar-refractivity contribution in [2.45, 2.75) is 20.4 Å². The lowest BCUT2D eigenvalue weighted by molar-refractivity contribution is -0.140. The van der Waals surface area contributed by atoms with E-state index in [0.717, 1.165) is 10.5 Å². The summed E-state index contributed by atoms with van der Waals surface area (Å²) >= 11 is 0. The van der Waals surface area contributed by atoms with Crippen LogP contribution in [-0.4, -0.2) is 22.5 Å². The predicted octanol–water partition coefficient (Wildman–Crippen LogP) is 3.39. The lowest BCUT2D eigenvalue weighted by atomic mass is 10.1. The molecule has 0 saturated carbocycles. The molecule has 0 aromatic heterocycles. The first-order valence-corrected chi connectivity index (χ1v) is 7.67. The summed E-state index contributed by atoms with van der Waals surface area (Å²) in [4.78, 5) is 38.6. The Morgan fingerprint density at radius 3 is 1.96 bits per heavy atom. The highest BCUT2D eigenvalue weighted by atomic mass is 16.2. The summed E-state index contributed by atoms with van der Waals surface area (Å²) in [5.41, 5.74) is 1.47. The van der Waals surface area contributed by atoms with E-state index in [2.05, 4.69) is 0 Å². The third-order valence-electron chi connectivity index (χ3n) is 3.67. The Labute approximate surface area is 141 Å². The van der Waals surface area contributed by atoms with Gasteiger partial charge in [-0.15, -0.1) is 0 Å². The van der Waals surface area contributed by atoms with E-state index in [1.807, 2.05) is 30.3 Å². The highest BCUT2D eigenvalue weighted by Crippen LogP contribution is 2.12. The molecule has 2 aromatic carbocycles. The second kappa shape index (κ2) is 8.02. The summed E-state index contributed by atoms with van der Waals surface area (Å²) in [6, 6.07) is 17.4. The predicted molar refractivity (Wildman–Crippen MR) is 92.2 cm³/mol. The first-order valence-electron chi connectivity index (χ1n) is 7.67. The van der Waals surface area contributed by atoms with Crippen molar-refractivity contribution < 1.29 is 14.4 Å². The summed E-state index contributed by atoms with van der Waals surface area (Å²) in [6.07, 6.45) is 1.63. The molecule has 0 saturated heterocycles. The van der Waals surface area contributed by atoms with Gasteiger partial charge in [-0.2, -0.15) is 0 Å². The van der Waals surface area contributed by atoms with Gasteiger partial charge in [0.05, 0.1) is 6.54 Å². The monoisotopic (exact) mass is 321 g/mol. The third-order valence-corrected chi connectivity index (χ3v) is 3.67. The molecule has 0 aliphatic rings. The molecular formula is C20H19NO3. The largest absolute Gasteiger partial charge is 0.302 e. The molecule has 0 aliphatic heterocycles. The second-order valence-corrected chi connectivity index (χ2v) is 5.35. The Hall–Kier alpha value is -3.01. The minimum absolute atomic E-state index is 0.0578. The van der Waals surface area contributed by atoms with E-state index in [-0.39, 0.29) is 12.1 Å². The molecule has 0 atom stereocenters. The molecular weight excluding hydrogens is 302 g/mol. The molecule has 24 heavy (non-hydrogen) atoms. The normalized spacial score (nSPS) is 11.0. The minimum Gasteiger partial charge on any atom is -0.283 e. The van der Waals surface area contributed by atoms with Gasteiger partial charge in [0.1, 0.15) is 0 Å². The van der Waals surface area contributed by atoms with Gasteiger partial charge in [0.15, 0.2) is 0 Å². The third kappa shape index (κ3) is 4.04. The number of Topliss-reactive ketones (excluding diaryl/α,β-unsaturated/α-hetero) is 1. The van der Waals surface area contributed by atoms with Gasteiger partial charge in [-0.05, 0) is 19.4 Å². The standard InChI is InChI=1S/C20H19NO3/c1-3-15(2)19(23)21(14-16-10-6-4-7-11-16)20(24)18(22)17-12-8-5-9-13-17/h3-13H,14H2,1-2H3/b15-3+. The number of ketones is 1. The van der Waals surface area contributed by atoms with Crippen LogP contribution in [0.2, 0.25) is 0 Å². The van der Waals surface area contributed by atoms with Gasteiger partial charge in [0.25, 0.3) is 11.7 Å². The molecule has 0 aliphatic carbocycles. The van der Waals surface area contributed by atoms with Gasteiger partial charge in [-0.25, -0.2) is 0 Å². The van der Waals surface area contributed by atoms with Crippen molar-refractivity contribution in [2.75, 3.05) is 0 Å². The smallest absolute Gasteiger partial charge is 0.283 e. The number of amides is 2. The van der Waals surface area contributed by atoms with E-state index in [9.17, 15) is 14.4 Å². The number of imide groups is 1. The van der Waals surface area contributed by atoms with Crippen molar-refractivity contribution in [3.63, 3.8) is 0 Å². The first-order chi connectivity index (χ1) is 11.5. The molecule has 0 fully saturated rings. The van der Waals surface area contributed by atoms with Crippen molar-refractivity contribution in [1.29, 1.82) is 0 Å². The quantitative estimate of drug-likeness (QED) is 0.482. The fourth-order valence-electron chi connectivity index (χ4n) is 2.17. The van der Waals surface area contributed by atoms with E-state index in [1.54, 1.807) is 50.3 Å². The topological polar surface area (TPSA) is 54.5 Å². The first kappa shape index (κ1) is 17.3. The van der Waals surface area contributed by atoms with E-state index in [4.69, 9.17) is 0 Å². The average Bonchev–Trinajstić information content (AvgIpc) is 2.65. The van der Waals surface area contributed by atoms with Crippen LogP contribution >= 0.6 is 0 Å². The number of carbonyl (C=O) groups is 3. The maximum atomic E-state index is 12.6. The van der Waals surface area contributed by atoms with Crippen LogP contribution in [0.3, 0.4) is 0 Å². The van der Waals surface area contributed by atoms with Crippen LogP contribution in [-0.2, 0) is 16.1 Å². The van der Waals surface area contributed by atoms with E-state index >= 15 is 0 Å². The van der Waals surface area contributed by atoms with E-state index < -0.39 is 17.6 Å². The number of rotatable bonds is 5. The molecule has 122 valence electrons. The van der Waals surface area contributed by atoms with Gasteiger partial charge >= 0.3 is 5.91 Å². The Morgan fingerprint density at radius 1 is 0.875 bits per heavy atom. The van der Waals surface area contributed by atoms with Crippen molar-refractivity contribution in [1.82, 2.24) is 4.90 Å². The van der Waals surface area contributed by atoms with Gasteiger partial charge < -0.3 is 0 Å². The Balaban J connectivity index is 2.32. The molecule has 0 N–H and O–H groups in total. The summed E-state index contributed by atoms with van der Waals surface area (Å²) in [5.74, 6) is -1.98. The number of allylic oxidation sites excluding steroid dienone is 1. The highest BCUT2D eigenvalue weighted by Gasteiger charge is 2.28. The van der Waals surface area contributed by atoms with Crippen LogP contribution in [0, 0.1) is 0 Å². The fourth-order valence-corrected chi connectivity index (χ4v) is 2.17. The number of hydrogen-bond acceptors (Lipinski definition) is 3. The molecule has 2 amide bonds. The maximum absolute atomic E-state index is 12.6. The molecule has 4 nitrogen and oxygen atoms in total. The summed E-state index contributed by atoms with van der Waals surface area (Å²) in [7, 11) is 0. The van der Waals surface area contributed by atoms with Crippen molar-refractivity contribution in [3.05, 3.63) is 83.4 Å². The summed E-state index contributed by atoms with van der Waals surface area (Å²) < 4.78 is 0. The molecule has 0 bridgehead atoms. The lowest BCUT2D eigenvalue weighted by Crippen LogP contribution is -2.41. The van der Waals surface area contributed by atoms with Crippen molar-refractivity contribution in [2.24, 2.45) is 0 Å². The summed E-state index contributed by atoms with van der Waals surface area (Å²) in [6.45, 7) is 3.40. The summed E-state index contributed by atoms with van der Waals surface area (Å²) in [5, 5.41) is 0. The van der Waals surface area contributed by atoms with Crippen LogP contribution in [0.5, 0.6) is 0 Å². The van der Waals surface area contributed by atoms with Crippen LogP contribution in [0.15, 0.2) is 72.3 Å². The van der Waals surface area contributed by atoms with Crippen LogP contribution in [0.1, 0.15) is 29.8 Å². The average molecular weight is 321 g/mol. The van der Waals surface area contributed by atoms with E-state index in [0.29, 0.717) is 5.57 Å². The molecule has 0 spiro atoms. The van der Waals surface area contributed by atoms with Crippen molar-refractivity contribution in [3.8, 4) is 0 Å². The Morgan fingerprint density at radius 2 is 1.42 bits per heavy atom. The van der Waals surface area contributed by atoms with Gasteiger partial charge in [-0.3, -0.25) is 19.3 Å².